The number of ether oxygens (including phenoxy) is 1. The Morgan fingerprint density at radius 2 is 2.14 bits per heavy atom. The van der Waals surface area contributed by atoms with Crippen molar-refractivity contribution in [3.05, 3.63) is 40.7 Å². The lowest BCUT2D eigenvalue weighted by molar-refractivity contribution is 0.384. The SMILES string of the molecule is COc1ccc2c(c1)c(=O)ccn2F. The van der Waals surface area contributed by atoms with Crippen LogP contribution in [0.3, 0.4) is 0 Å². The Balaban J connectivity index is 2.87. The van der Waals surface area contributed by atoms with E-state index in [1.807, 2.05) is 0 Å². The first-order chi connectivity index (χ1) is 6.72. The molecule has 0 amide bonds. The molecule has 0 atom stereocenters. The van der Waals surface area contributed by atoms with Gasteiger partial charge in [0.15, 0.2) is 5.43 Å². The fourth-order valence-electron chi connectivity index (χ4n) is 1.33. The number of hydrogen-bond donors (Lipinski definition) is 0. The van der Waals surface area contributed by atoms with Crippen molar-refractivity contribution in [3.63, 3.8) is 0 Å². The second kappa shape index (κ2) is 3.14. The van der Waals surface area contributed by atoms with Gasteiger partial charge in [0.05, 0.1) is 18.0 Å². The predicted octanol–water partition coefficient (Wildman–Crippen LogP) is 1.74. The topological polar surface area (TPSA) is 31.2 Å². The van der Waals surface area contributed by atoms with Gasteiger partial charge in [-0.2, -0.15) is 4.79 Å². The van der Waals surface area contributed by atoms with E-state index in [9.17, 15) is 9.28 Å². The summed E-state index contributed by atoms with van der Waals surface area (Å²) in [7, 11) is 1.50. The van der Waals surface area contributed by atoms with E-state index in [1.165, 1.54) is 25.3 Å². The average Bonchev–Trinajstić information content (AvgIpc) is 2.23. The van der Waals surface area contributed by atoms with Gasteiger partial charge in [-0.05, 0) is 18.2 Å². The molecule has 0 unspecified atom stereocenters. The van der Waals surface area contributed by atoms with Gasteiger partial charge in [0, 0.05) is 12.3 Å². The van der Waals surface area contributed by atoms with Crippen molar-refractivity contribution in [2.45, 2.75) is 0 Å². The summed E-state index contributed by atoms with van der Waals surface area (Å²) < 4.78 is 18.1. The molecule has 0 N–H and O–H groups in total. The fourth-order valence-corrected chi connectivity index (χ4v) is 1.33. The molecule has 0 saturated heterocycles. The molecule has 0 aliphatic carbocycles. The largest absolute Gasteiger partial charge is 0.497 e. The van der Waals surface area contributed by atoms with Gasteiger partial charge in [-0.3, -0.25) is 4.79 Å². The molecule has 4 heteroatoms. The number of hydrogen-bond acceptors (Lipinski definition) is 2. The van der Waals surface area contributed by atoms with Crippen LogP contribution in [0.5, 0.6) is 5.75 Å². The van der Waals surface area contributed by atoms with Crippen molar-refractivity contribution in [3.8, 4) is 5.75 Å². The molecule has 0 fully saturated rings. The van der Waals surface area contributed by atoms with Gasteiger partial charge in [-0.15, -0.1) is 0 Å². The molecule has 0 bridgehead atoms. The van der Waals surface area contributed by atoms with Crippen molar-refractivity contribution in [1.29, 1.82) is 0 Å². The Morgan fingerprint density at radius 3 is 2.86 bits per heavy atom. The molecule has 1 aromatic carbocycles. The number of methoxy groups -OCH3 is 1. The predicted molar refractivity (Wildman–Crippen MR) is 51.3 cm³/mol. The van der Waals surface area contributed by atoms with Crippen LogP contribution in [-0.2, 0) is 0 Å². The summed E-state index contributed by atoms with van der Waals surface area (Å²) >= 11 is 0. The van der Waals surface area contributed by atoms with Gasteiger partial charge in [0.2, 0.25) is 0 Å². The van der Waals surface area contributed by atoms with E-state index in [4.69, 9.17) is 4.74 Å². The number of fused-ring (bicyclic) bond motifs is 1. The summed E-state index contributed by atoms with van der Waals surface area (Å²) in [6.07, 6.45) is 1.09. The Morgan fingerprint density at radius 1 is 1.36 bits per heavy atom. The summed E-state index contributed by atoms with van der Waals surface area (Å²) in [5.41, 5.74) is 0.0334. The summed E-state index contributed by atoms with van der Waals surface area (Å²) in [6, 6.07) is 5.82. The van der Waals surface area contributed by atoms with Gasteiger partial charge in [0.1, 0.15) is 5.75 Å². The lowest BCUT2D eigenvalue weighted by Gasteiger charge is -2.03. The molecule has 0 aliphatic rings. The minimum absolute atomic E-state index is 0.215. The standard InChI is InChI=1S/C10H8FNO2/c1-14-7-2-3-9-8(6-7)10(13)4-5-12(9)11/h2-6H,1H3. The van der Waals surface area contributed by atoms with E-state index in [0.29, 0.717) is 15.9 Å². The third-order valence-electron chi connectivity index (χ3n) is 2.06. The van der Waals surface area contributed by atoms with E-state index in [2.05, 4.69) is 0 Å². The molecule has 14 heavy (non-hydrogen) atoms. The Hall–Kier alpha value is -1.84. The van der Waals surface area contributed by atoms with Gasteiger partial charge in [0.25, 0.3) is 0 Å². The highest BCUT2D eigenvalue weighted by Crippen LogP contribution is 2.17. The van der Waals surface area contributed by atoms with Crippen molar-refractivity contribution >= 4 is 10.9 Å². The molecule has 0 saturated carbocycles. The number of halogens is 1. The third kappa shape index (κ3) is 1.25. The molecule has 0 spiro atoms. The number of pyridine rings is 1. The van der Waals surface area contributed by atoms with Gasteiger partial charge in [-0.25, -0.2) is 0 Å². The zero-order valence-electron chi connectivity index (χ0n) is 7.53. The second-order valence-corrected chi connectivity index (χ2v) is 2.87. The lowest BCUT2D eigenvalue weighted by atomic mass is 10.2. The normalized spacial score (nSPS) is 10.4. The molecule has 2 rings (SSSR count). The molecule has 3 nitrogen and oxygen atoms in total. The van der Waals surface area contributed by atoms with Crippen LogP contribution in [-0.4, -0.2) is 11.9 Å². The first kappa shape index (κ1) is 8.74. The summed E-state index contributed by atoms with van der Waals surface area (Å²) in [5.74, 6) is 0.542. The lowest BCUT2D eigenvalue weighted by Crippen LogP contribution is -2.03. The number of aromatic nitrogens is 1. The number of benzene rings is 1. The van der Waals surface area contributed by atoms with E-state index in [1.54, 1.807) is 6.07 Å². The molecule has 2 aromatic rings. The quantitative estimate of drug-likeness (QED) is 0.690. The zero-order chi connectivity index (χ0) is 10.1. The molecular weight excluding hydrogens is 185 g/mol. The average molecular weight is 193 g/mol. The minimum atomic E-state index is -0.215. The maximum absolute atomic E-state index is 13.1. The van der Waals surface area contributed by atoms with Crippen LogP contribution in [0.2, 0.25) is 0 Å². The first-order valence-electron chi connectivity index (χ1n) is 4.08. The van der Waals surface area contributed by atoms with Crippen LogP contribution in [0.4, 0.5) is 4.48 Å². The van der Waals surface area contributed by atoms with E-state index < -0.39 is 0 Å². The van der Waals surface area contributed by atoms with Crippen LogP contribution in [0.1, 0.15) is 0 Å². The molecular formula is C10H8FNO2. The van der Waals surface area contributed by atoms with E-state index >= 15 is 0 Å². The molecule has 1 heterocycles. The van der Waals surface area contributed by atoms with Crippen molar-refractivity contribution < 1.29 is 9.22 Å². The minimum Gasteiger partial charge on any atom is -0.497 e. The second-order valence-electron chi connectivity index (χ2n) is 2.87. The van der Waals surface area contributed by atoms with Crippen molar-refractivity contribution in [2.24, 2.45) is 0 Å². The molecule has 72 valence electrons. The highest BCUT2D eigenvalue weighted by Gasteiger charge is 2.03. The maximum Gasteiger partial charge on any atom is 0.189 e. The van der Waals surface area contributed by atoms with Gasteiger partial charge < -0.3 is 4.74 Å². The van der Waals surface area contributed by atoms with E-state index in [0.717, 1.165) is 6.20 Å². The van der Waals surface area contributed by atoms with Crippen LogP contribution >= 0.6 is 0 Å². The van der Waals surface area contributed by atoms with Crippen LogP contribution in [0.25, 0.3) is 10.9 Å². The van der Waals surface area contributed by atoms with Gasteiger partial charge in [-0.1, -0.05) is 4.48 Å². The van der Waals surface area contributed by atoms with Gasteiger partial charge >= 0.3 is 0 Å². The highest BCUT2D eigenvalue weighted by atomic mass is 19.2. The summed E-state index contributed by atoms with van der Waals surface area (Å²) in [6.45, 7) is 0. The Labute approximate surface area is 79.3 Å². The van der Waals surface area contributed by atoms with Crippen LogP contribution in [0, 0.1) is 0 Å². The number of nitrogens with zero attached hydrogens (tertiary/aromatic N) is 1. The smallest absolute Gasteiger partial charge is 0.189 e. The first-order valence-corrected chi connectivity index (χ1v) is 4.08. The molecule has 1 aromatic heterocycles. The Bertz CT molecular complexity index is 533. The Kier molecular flexibility index (Phi) is 1.96. The zero-order valence-corrected chi connectivity index (χ0v) is 7.53. The summed E-state index contributed by atoms with van der Waals surface area (Å²) in [4.78, 5) is 11.8. The monoisotopic (exact) mass is 193 g/mol. The highest BCUT2D eigenvalue weighted by molar-refractivity contribution is 5.80. The number of rotatable bonds is 1. The van der Waals surface area contributed by atoms with E-state index in [-0.39, 0.29) is 10.9 Å². The fraction of sp³-hybridized carbons (Fsp3) is 0.100. The third-order valence-corrected chi connectivity index (χ3v) is 2.06. The summed E-state index contributed by atoms with van der Waals surface area (Å²) in [5, 5.41) is 0.314. The van der Waals surface area contributed by atoms with Crippen molar-refractivity contribution in [2.75, 3.05) is 7.11 Å². The molecule has 0 aliphatic heterocycles. The van der Waals surface area contributed by atoms with Crippen LogP contribution in [0.15, 0.2) is 35.3 Å². The van der Waals surface area contributed by atoms with Crippen LogP contribution < -0.4 is 10.2 Å². The van der Waals surface area contributed by atoms with Crippen molar-refractivity contribution in [1.82, 2.24) is 4.79 Å². The molecule has 0 radical (unpaired) electrons. The maximum atomic E-state index is 13.1.